The third-order valence-corrected chi connectivity index (χ3v) is 3.42. The Labute approximate surface area is 95.8 Å². The van der Waals surface area contributed by atoms with Gasteiger partial charge in [0.2, 0.25) is 0 Å². The fourth-order valence-electron chi connectivity index (χ4n) is 2.13. The quantitative estimate of drug-likeness (QED) is 0.842. The number of nitrogens with one attached hydrogen (secondary N) is 1. The molecule has 3 nitrogen and oxygen atoms in total. The minimum atomic E-state index is 0.341. The van der Waals surface area contributed by atoms with Gasteiger partial charge in [0, 0.05) is 11.6 Å². The van der Waals surface area contributed by atoms with E-state index in [2.05, 4.69) is 24.3 Å². The van der Waals surface area contributed by atoms with Crippen molar-refractivity contribution in [2.24, 2.45) is 0 Å². The molecule has 1 aromatic rings. The van der Waals surface area contributed by atoms with Crippen molar-refractivity contribution in [3.05, 3.63) is 16.9 Å². The van der Waals surface area contributed by atoms with Crippen molar-refractivity contribution < 1.29 is 0 Å². The van der Waals surface area contributed by atoms with Gasteiger partial charge in [0.25, 0.3) is 0 Å². The van der Waals surface area contributed by atoms with Gasteiger partial charge >= 0.3 is 0 Å². The highest BCUT2D eigenvalue weighted by atomic mass is 35.5. The molecular weight excluding hydrogens is 210 g/mol. The summed E-state index contributed by atoms with van der Waals surface area (Å²) in [6, 6.07) is 0.341. The van der Waals surface area contributed by atoms with Crippen molar-refractivity contribution in [1.82, 2.24) is 15.1 Å². The van der Waals surface area contributed by atoms with Crippen LogP contribution in [0.25, 0.3) is 0 Å². The molecule has 0 bridgehead atoms. The first-order chi connectivity index (χ1) is 7.20. The first-order valence-corrected chi connectivity index (χ1v) is 6.01. The second-order valence-corrected chi connectivity index (χ2v) is 4.81. The zero-order chi connectivity index (χ0) is 10.8. The number of rotatable bonds is 2. The van der Waals surface area contributed by atoms with Crippen LogP contribution in [-0.4, -0.2) is 22.9 Å². The Bertz CT molecular complexity index is 327. The van der Waals surface area contributed by atoms with Gasteiger partial charge in [0.15, 0.2) is 0 Å². The zero-order valence-corrected chi connectivity index (χ0v) is 10.1. The van der Waals surface area contributed by atoms with Gasteiger partial charge in [0.1, 0.15) is 5.15 Å². The maximum atomic E-state index is 6.33. The lowest BCUT2D eigenvalue weighted by atomic mass is 9.92. The van der Waals surface area contributed by atoms with Crippen LogP contribution in [0.1, 0.15) is 44.2 Å². The Balaban J connectivity index is 2.20. The molecular formula is C11H18ClN3. The van der Waals surface area contributed by atoms with Gasteiger partial charge < -0.3 is 5.32 Å². The van der Waals surface area contributed by atoms with Gasteiger partial charge in [-0.3, -0.25) is 4.68 Å². The lowest BCUT2D eigenvalue weighted by Gasteiger charge is -2.22. The molecule has 0 saturated carbocycles. The second kappa shape index (κ2) is 4.54. The molecule has 4 heteroatoms. The summed E-state index contributed by atoms with van der Waals surface area (Å²) in [6.45, 7) is 6.39. The summed E-state index contributed by atoms with van der Waals surface area (Å²) >= 11 is 6.33. The molecule has 0 atom stereocenters. The van der Waals surface area contributed by atoms with E-state index >= 15 is 0 Å². The predicted molar refractivity (Wildman–Crippen MR) is 62.5 cm³/mol. The van der Waals surface area contributed by atoms with Crippen molar-refractivity contribution in [2.45, 2.75) is 38.6 Å². The highest BCUT2D eigenvalue weighted by Crippen LogP contribution is 2.31. The minimum Gasteiger partial charge on any atom is -0.317 e. The summed E-state index contributed by atoms with van der Waals surface area (Å²) in [5.41, 5.74) is 1.23. The molecule has 1 aliphatic rings. The molecule has 1 N–H and O–H groups in total. The van der Waals surface area contributed by atoms with Gasteiger partial charge in [-0.1, -0.05) is 11.6 Å². The van der Waals surface area contributed by atoms with Crippen molar-refractivity contribution in [3.8, 4) is 0 Å². The Morgan fingerprint density at radius 3 is 2.67 bits per heavy atom. The van der Waals surface area contributed by atoms with Crippen LogP contribution in [0.3, 0.4) is 0 Å². The van der Waals surface area contributed by atoms with Gasteiger partial charge in [-0.05, 0) is 45.7 Å². The summed E-state index contributed by atoms with van der Waals surface area (Å²) in [6.07, 6.45) is 4.28. The van der Waals surface area contributed by atoms with Crippen LogP contribution in [0.15, 0.2) is 6.20 Å². The van der Waals surface area contributed by atoms with E-state index in [1.165, 1.54) is 18.4 Å². The van der Waals surface area contributed by atoms with Gasteiger partial charge in [-0.2, -0.15) is 5.10 Å². The summed E-state index contributed by atoms with van der Waals surface area (Å²) in [5.74, 6) is 0.589. The highest BCUT2D eigenvalue weighted by molar-refractivity contribution is 6.30. The van der Waals surface area contributed by atoms with Crippen LogP contribution < -0.4 is 5.32 Å². The molecule has 1 saturated heterocycles. The van der Waals surface area contributed by atoms with E-state index in [1.54, 1.807) is 0 Å². The number of nitrogens with zero attached hydrogens (tertiary/aromatic N) is 2. The molecule has 0 unspecified atom stereocenters. The largest absolute Gasteiger partial charge is 0.317 e. The molecule has 15 heavy (non-hydrogen) atoms. The minimum absolute atomic E-state index is 0.341. The van der Waals surface area contributed by atoms with Gasteiger partial charge in [-0.15, -0.1) is 0 Å². The Kier molecular flexibility index (Phi) is 3.32. The Morgan fingerprint density at radius 2 is 2.13 bits per heavy atom. The molecule has 0 radical (unpaired) electrons. The lowest BCUT2D eigenvalue weighted by molar-refractivity contribution is 0.459. The van der Waals surface area contributed by atoms with Crippen LogP contribution >= 0.6 is 11.6 Å². The summed E-state index contributed by atoms with van der Waals surface area (Å²) in [4.78, 5) is 0. The summed E-state index contributed by atoms with van der Waals surface area (Å²) in [7, 11) is 0. The molecule has 1 aliphatic heterocycles. The van der Waals surface area contributed by atoms with Crippen molar-refractivity contribution in [2.75, 3.05) is 13.1 Å². The van der Waals surface area contributed by atoms with Crippen LogP contribution in [0.4, 0.5) is 0 Å². The first-order valence-electron chi connectivity index (χ1n) is 5.63. The number of aromatic nitrogens is 2. The third-order valence-electron chi connectivity index (χ3n) is 3.03. The van der Waals surface area contributed by atoms with Crippen LogP contribution in [0, 0.1) is 0 Å². The molecule has 0 spiro atoms. The Hall–Kier alpha value is -0.540. The van der Waals surface area contributed by atoms with Gasteiger partial charge in [0.05, 0.1) is 6.20 Å². The number of piperidine rings is 1. The molecule has 84 valence electrons. The molecule has 1 aromatic heterocycles. The predicted octanol–water partition coefficient (Wildman–Crippen LogP) is 2.58. The van der Waals surface area contributed by atoms with Gasteiger partial charge in [-0.25, -0.2) is 0 Å². The van der Waals surface area contributed by atoms with Crippen LogP contribution in [0.5, 0.6) is 0 Å². The van der Waals surface area contributed by atoms with E-state index < -0.39 is 0 Å². The van der Waals surface area contributed by atoms with E-state index in [1.807, 2.05) is 10.9 Å². The summed E-state index contributed by atoms with van der Waals surface area (Å²) < 4.78 is 1.90. The van der Waals surface area contributed by atoms with Crippen molar-refractivity contribution in [1.29, 1.82) is 0 Å². The van der Waals surface area contributed by atoms with E-state index in [0.717, 1.165) is 18.2 Å². The van der Waals surface area contributed by atoms with Crippen molar-refractivity contribution in [3.63, 3.8) is 0 Å². The average molecular weight is 228 g/mol. The van der Waals surface area contributed by atoms with E-state index in [0.29, 0.717) is 12.0 Å². The SMILES string of the molecule is CC(C)n1ncc(C2CCNCC2)c1Cl. The van der Waals surface area contributed by atoms with E-state index in [-0.39, 0.29) is 0 Å². The van der Waals surface area contributed by atoms with Crippen LogP contribution in [0.2, 0.25) is 5.15 Å². The molecule has 2 rings (SSSR count). The first kappa shape index (κ1) is 11.0. The molecule has 0 amide bonds. The zero-order valence-electron chi connectivity index (χ0n) is 9.33. The lowest BCUT2D eigenvalue weighted by Crippen LogP contribution is -2.26. The van der Waals surface area contributed by atoms with E-state index in [4.69, 9.17) is 11.6 Å². The normalized spacial score (nSPS) is 18.7. The standard InChI is InChI=1S/C11H18ClN3/c1-8(2)15-11(12)10(7-14-15)9-3-5-13-6-4-9/h7-9,13H,3-6H2,1-2H3. The number of halogens is 1. The maximum absolute atomic E-state index is 6.33. The fourth-order valence-corrected chi connectivity index (χ4v) is 2.57. The maximum Gasteiger partial charge on any atom is 0.130 e. The average Bonchev–Trinajstić information content (AvgIpc) is 2.61. The molecule has 0 aliphatic carbocycles. The monoisotopic (exact) mass is 227 g/mol. The second-order valence-electron chi connectivity index (χ2n) is 4.45. The van der Waals surface area contributed by atoms with Crippen molar-refractivity contribution >= 4 is 11.6 Å². The molecule has 1 fully saturated rings. The number of hydrogen-bond acceptors (Lipinski definition) is 2. The fraction of sp³-hybridized carbons (Fsp3) is 0.727. The number of hydrogen-bond donors (Lipinski definition) is 1. The third kappa shape index (κ3) is 2.18. The van der Waals surface area contributed by atoms with Crippen LogP contribution in [-0.2, 0) is 0 Å². The molecule has 2 heterocycles. The topological polar surface area (TPSA) is 29.9 Å². The Morgan fingerprint density at radius 1 is 1.47 bits per heavy atom. The molecule has 0 aromatic carbocycles. The summed E-state index contributed by atoms with van der Waals surface area (Å²) in [5, 5.41) is 8.55. The smallest absolute Gasteiger partial charge is 0.130 e. The highest BCUT2D eigenvalue weighted by Gasteiger charge is 2.21. The van der Waals surface area contributed by atoms with E-state index in [9.17, 15) is 0 Å².